The van der Waals surface area contributed by atoms with Gasteiger partial charge in [0.2, 0.25) is 0 Å². The topological polar surface area (TPSA) is 117 Å². The van der Waals surface area contributed by atoms with Crippen molar-refractivity contribution in [3.05, 3.63) is 64.0 Å². The summed E-state index contributed by atoms with van der Waals surface area (Å²) in [5.41, 5.74) is 0.183. The van der Waals surface area contributed by atoms with E-state index >= 15 is 0 Å². The van der Waals surface area contributed by atoms with E-state index in [2.05, 4.69) is 9.71 Å². The van der Waals surface area contributed by atoms with Gasteiger partial charge >= 0.3 is 10.2 Å². The highest BCUT2D eigenvalue weighted by molar-refractivity contribution is 7.90. The molecule has 2 fully saturated rings. The molecule has 3 heterocycles. The largest absolute Gasteiger partial charge is 0.451 e. The molecule has 1 N–H and O–H groups in total. The summed E-state index contributed by atoms with van der Waals surface area (Å²) in [5, 5.41) is 9.68. The molecule has 9 nitrogen and oxygen atoms in total. The molecule has 1 spiro atoms. The summed E-state index contributed by atoms with van der Waals surface area (Å²) in [4.78, 5) is 16.5. The summed E-state index contributed by atoms with van der Waals surface area (Å²) in [6.45, 7) is 2.49. The molecule has 2 aromatic heterocycles. The number of rotatable bonds is 5. The number of aryl methyl sites for hydroxylation is 1. The minimum absolute atomic E-state index is 0.0843. The van der Waals surface area contributed by atoms with Crippen molar-refractivity contribution in [2.75, 3.05) is 17.8 Å². The Hall–Kier alpha value is -3.49. The van der Waals surface area contributed by atoms with Crippen LogP contribution < -0.4 is 15.0 Å². The number of nitriles is 1. The minimum Gasteiger partial charge on any atom is -0.451 e. The van der Waals surface area contributed by atoms with Gasteiger partial charge in [0.25, 0.3) is 5.56 Å². The van der Waals surface area contributed by atoms with E-state index in [1.807, 2.05) is 6.07 Å². The van der Waals surface area contributed by atoms with Crippen molar-refractivity contribution >= 4 is 21.5 Å². The van der Waals surface area contributed by atoms with E-state index in [0.29, 0.717) is 24.3 Å². The van der Waals surface area contributed by atoms with Crippen molar-refractivity contribution in [3.8, 4) is 17.6 Å². The zero-order valence-electron chi connectivity index (χ0n) is 17.7. The molecule has 2 aliphatic rings. The molecule has 1 saturated heterocycles. The van der Waals surface area contributed by atoms with Gasteiger partial charge in [0.05, 0.1) is 11.9 Å². The van der Waals surface area contributed by atoms with Crippen LogP contribution in [0.25, 0.3) is 5.65 Å². The molecular weight excluding hydrogens is 449 g/mol. The lowest BCUT2D eigenvalue weighted by molar-refractivity contribution is -0.00752. The maximum absolute atomic E-state index is 14.6. The van der Waals surface area contributed by atoms with Crippen molar-refractivity contribution in [3.63, 3.8) is 0 Å². The highest BCUT2D eigenvalue weighted by atomic mass is 32.2. The summed E-state index contributed by atoms with van der Waals surface area (Å²) in [6.07, 6.45) is 5.93. The molecule has 0 radical (unpaired) electrons. The number of halogens is 1. The van der Waals surface area contributed by atoms with Crippen LogP contribution in [0.1, 0.15) is 30.4 Å². The second-order valence-corrected chi connectivity index (χ2v) is 10.3. The Kier molecular flexibility index (Phi) is 4.88. The molecule has 0 amide bonds. The number of hydrogen-bond donors (Lipinski definition) is 1. The van der Waals surface area contributed by atoms with E-state index in [4.69, 9.17) is 4.74 Å². The molecule has 0 atom stereocenters. The van der Waals surface area contributed by atoms with Gasteiger partial charge in [0.1, 0.15) is 23.0 Å². The van der Waals surface area contributed by atoms with Crippen LogP contribution in [0.5, 0.6) is 11.5 Å². The number of nitrogens with zero attached hydrogens (tertiary/aromatic N) is 4. The molecule has 0 bridgehead atoms. The third-order valence-corrected chi connectivity index (χ3v) is 7.72. The first kappa shape index (κ1) is 21.4. The molecule has 11 heteroatoms. The van der Waals surface area contributed by atoms with Gasteiger partial charge in [0.15, 0.2) is 11.6 Å². The Labute approximate surface area is 189 Å². The summed E-state index contributed by atoms with van der Waals surface area (Å²) in [7, 11) is -3.90. The van der Waals surface area contributed by atoms with Crippen LogP contribution in [0.2, 0.25) is 0 Å². The number of aromatic nitrogens is 2. The maximum atomic E-state index is 14.6. The van der Waals surface area contributed by atoms with Gasteiger partial charge in [0, 0.05) is 24.8 Å². The van der Waals surface area contributed by atoms with E-state index in [-0.39, 0.29) is 28.0 Å². The molecule has 1 saturated carbocycles. The smallest absolute Gasteiger partial charge is 0.301 e. The van der Waals surface area contributed by atoms with Gasteiger partial charge in [-0.2, -0.15) is 18.0 Å². The SMILES string of the molecule is Cc1cnc2ccc(Oc3c(F)ccc(NS(=O)(=O)N4CC5(CCC5)C4)c3C#N)cn2c1=O. The second-order valence-electron chi connectivity index (χ2n) is 8.58. The van der Waals surface area contributed by atoms with E-state index in [1.54, 1.807) is 6.92 Å². The molecule has 1 aliphatic heterocycles. The fourth-order valence-electron chi connectivity index (χ4n) is 4.25. The Balaban J connectivity index is 1.46. The van der Waals surface area contributed by atoms with E-state index in [0.717, 1.165) is 25.3 Å². The van der Waals surface area contributed by atoms with Crippen LogP contribution in [-0.2, 0) is 10.2 Å². The fraction of sp³-hybridized carbons (Fsp3) is 0.318. The standard InChI is InChI=1S/C22H20FN5O4S/c1-14-10-25-19-6-3-15(11-28(19)21(14)29)32-20-16(9-24)18(5-4-17(20)23)26-33(30,31)27-12-22(13-27)7-2-8-22/h3-6,10-11,26H,2,7-8,12-13H2,1H3. The van der Waals surface area contributed by atoms with Gasteiger partial charge in [-0.15, -0.1) is 0 Å². The Morgan fingerprint density at radius 3 is 2.67 bits per heavy atom. The molecule has 1 aromatic carbocycles. The molecular formula is C22H20FN5O4S. The average Bonchev–Trinajstić information content (AvgIpc) is 2.71. The summed E-state index contributed by atoms with van der Waals surface area (Å²) in [6, 6.07) is 7.04. The first-order valence-electron chi connectivity index (χ1n) is 10.4. The molecule has 0 unspecified atom stereocenters. The first-order valence-corrected chi connectivity index (χ1v) is 11.8. The van der Waals surface area contributed by atoms with Crippen molar-refractivity contribution in [2.45, 2.75) is 26.2 Å². The predicted octanol–water partition coefficient (Wildman–Crippen LogP) is 2.95. The number of anilines is 1. The van der Waals surface area contributed by atoms with Gasteiger partial charge < -0.3 is 4.74 Å². The van der Waals surface area contributed by atoms with Crippen LogP contribution in [0, 0.1) is 29.5 Å². The first-order chi connectivity index (χ1) is 15.7. The van der Waals surface area contributed by atoms with Crippen molar-refractivity contribution in [1.82, 2.24) is 13.7 Å². The molecule has 1 aliphatic carbocycles. The predicted molar refractivity (Wildman–Crippen MR) is 118 cm³/mol. The van der Waals surface area contributed by atoms with Crippen LogP contribution in [0.4, 0.5) is 10.1 Å². The Morgan fingerprint density at radius 1 is 1.24 bits per heavy atom. The normalized spacial score (nSPS) is 17.2. The fourth-order valence-corrected chi connectivity index (χ4v) is 5.71. The molecule has 3 aromatic rings. The average molecular weight is 469 g/mol. The molecule has 170 valence electrons. The number of nitrogens with one attached hydrogen (secondary N) is 1. The van der Waals surface area contributed by atoms with E-state index < -0.39 is 21.8 Å². The van der Waals surface area contributed by atoms with Gasteiger partial charge in [-0.05, 0) is 49.4 Å². The van der Waals surface area contributed by atoms with Crippen LogP contribution in [0.15, 0.2) is 41.5 Å². The zero-order chi connectivity index (χ0) is 23.4. The van der Waals surface area contributed by atoms with Crippen LogP contribution in [-0.4, -0.2) is 35.2 Å². The monoisotopic (exact) mass is 469 g/mol. The number of fused-ring (bicyclic) bond motifs is 1. The Morgan fingerprint density at radius 2 is 2.00 bits per heavy atom. The molecule has 33 heavy (non-hydrogen) atoms. The van der Waals surface area contributed by atoms with Crippen LogP contribution >= 0.6 is 0 Å². The zero-order valence-corrected chi connectivity index (χ0v) is 18.5. The lowest BCUT2D eigenvalue weighted by Gasteiger charge is -2.54. The van der Waals surface area contributed by atoms with E-state index in [1.165, 1.54) is 39.3 Å². The van der Waals surface area contributed by atoms with Crippen molar-refractivity contribution in [2.24, 2.45) is 5.41 Å². The number of ether oxygens (including phenoxy) is 1. The third kappa shape index (κ3) is 3.61. The number of benzene rings is 1. The summed E-state index contributed by atoms with van der Waals surface area (Å²) in [5.74, 6) is -1.20. The summed E-state index contributed by atoms with van der Waals surface area (Å²) >= 11 is 0. The van der Waals surface area contributed by atoms with Gasteiger partial charge in [-0.25, -0.2) is 9.37 Å². The third-order valence-electron chi connectivity index (χ3n) is 6.30. The van der Waals surface area contributed by atoms with Crippen molar-refractivity contribution < 1.29 is 17.5 Å². The lowest BCUT2D eigenvalue weighted by Crippen LogP contribution is -2.62. The maximum Gasteiger partial charge on any atom is 0.301 e. The summed E-state index contributed by atoms with van der Waals surface area (Å²) < 4.78 is 50.8. The van der Waals surface area contributed by atoms with Gasteiger partial charge in [-0.3, -0.25) is 13.9 Å². The quantitative estimate of drug-likeness (QED) is 0.614. The Bertz CT molecular complexity index is 1480. The lowest BCUT2D eigenvalue weighted by atomic mass is 9.65. The highest BCUT2D eigenvalue weighted by Gasteiger charge is 2.51. The second kappa shape index (κ2) is 7.54. The van der Waals surface area contributed by atoms with Gasteiger partial charge in [-0.1, -0.05) is 6.42 Å². The number of pyridine rings is 1. The molecule has 5 rings (SSSR count). The van der Waals surface area contributed by atoms with E-state index in [9.17, 15) is 22.9 Å². The van der Waals surface area contributed by atoms with Crippen molar-refractivity contribution in [1.29, 1.82) is 5.26 Å². The number of hydrogen-bond acceptors (Lipinski definition) is 6. The van der Waals surface area contributed by atoms with Crippen LogP contribution in [0.3, 0.4) is 0 Å². The highest BCUT2D eigenvalue weighted by Crippen LogP contribution is 2.49. The minimum atomic E-state index is -3.90.